The van der Waals surface area contributed by atoms with Crippen molar-refractivity contribution < 1.29 is 27.2 Å². The first kappa shape index (κ1) is 24.3. The molecule has 2 heterocycles. The Balaban J connectivity index is 1.36. The minimum Gasteiger partial charge on any atom is -0.497 e. The fourth-order valence-electron chi connectivity index (χ4n) is 3.95. The zero-order valence-corrected chi connectivity index (χ0v) is 20.1. The molecule has 2 amide bonds. The van der Waals surface area contributed by atoms with Gasteiger partial charge in [-0.2, -0.15) is 0 Å². The molecule has 1 aliphatic heterocycles. The fraction of sp³-hybridized carbons (Fsp3) is 0.280. The number of furan rings is 1. The Kier molecular flexibility index (Phi) is 7.40. The first-order valence-electron chi connectivity index (χ1n) is 11.2. The number of piperidine rings is 1. The van der Waals surface area contributed by atoms with Gasteiger partial charge in [-0.25, -0.2) is 8.42 Å². The fourth-order valence-corrected chi connectivity index (χ4v) is 5.05. The molecule has 10 heteroatoms. The third kappa shape index (κ3) is 6.02. The molecule has 0 saturated carbocycles. The van der Waals surface area contributed by atoms with Gasteiger partial charge in [-0.05, 0) is 61.4 Å². The molecule has 0 spiro atoms. The summed E-state index contributed by atoms with van der Waals surface area (Å²) in [5.41, 5.74) is 0.754. The first-order chi connectivity index (χ1) is 16.9. The van der Waals surface area contributed by atoms with E-state index in [0.717, 1.165) is 6.42 Å². The van der Waals surface area contributed by atoms with Crippen molar-refractivity contribution in [2.45, 2.75) is 24.3 Å². The van der Waals surface area contributed by atoms with Gasteiger partial charge in [0.25, 0.3) is 15.9 Å². The molecule has 2 aromatic carbocycles. The molecule has 1 aliphatic rings. The number of anilines is 1. The first-order valence-corrected chi connectivity index (χ1v) is 12.7. The summed E-state index contributed by atoms with van der Waals surface area (Å²) in [6, 6.07) is 15.9. The molecule has 3 aromatic rings. The molecule has 184 valence electrons. The number of sulfonamides is 1. The van der Waals surface area contributed by atoms with E-state index in [1.54, 1.807) is 59.7 Å². The maximum absolute atomic E-state index is 13.0. The minimum atomic E-state index is -3.81. The number of benzene rings is 2. The molecule has 1 fully saturated rings. The molecule has 1 saturated heterocycles. The highest BCUT2D eigenvalue weighted by Gasteiger charge is 2.29. The van der Waals surface area contributed by atoms with Crippen LogP contribution in [-0.2, 0) is 21.4 Å². The molecule has 0 bridgehead atoms. The van der Waals surface area contributed by atoms with Crippen LogP contribution < -0.4 is 14.8 Å². The molecule has 1 unspecified atom stereocenters. The van der Waals surface area contributed by atoms with Crippen LogP contribution >= 0.6 is 0 Å². The Hall–Kier alpha value is -3.79. The lowest BCUT2D eigenvalue weighted by molar-refractivity contribution is -0.126. The van der Waals surface area contributed by atoms with Gasteiger partial charge in [0.1, 0.15) is 11.5 Å². The minimum absolute atomic E-state index is 0.0710. The monoisotopic (exact) mass is 497 g/mol. The molecular formula is C25H27N3O6S. The second kappa shape index (κ2) is 10.6. The summed E-state index contributed by atoms with van der Waals surface area (Å²) in [6.45, 7) is 1.20. The van der Waals surface area contributed by atoms with E-state index in [-0.39, 0.29) is 22.6 Å². The zero-order chi connectivity index (χ0) is 24.8. The molecule has 4 rings (SSSR count). The van der Waals surface area contributed by atoms with E-state index >= 15 is 0 Å². The maximum Gasteiger partial charge on any atom is 0.262 e. The summed E-state index contributed by atoms with van der Waals surface area (Å²) in [6.07, 6.45) is 2.99. The third-order valence-electron chi connectivity index (χ3n) is 5.83. The lowest BCUT2D eigenvalue weighted by atomic mass is 9.96. The van der Waals surface area contributed by atoms with Crippen LogP contribution in [-0.4, -0.2) is 45.3 Å². The highest BCUT2D eigenvalue weighted by atomic mass is 32.2. The number of rotatable bonds is 8. The number of hydrogen-bond acceptors (Lipinski definition) is 6. The van der Waals surface area contributed by atoms with E-state index in [1.165, 1.54) is 19.2 Å². The van der Waals surface area contributed by atoms with E-state index in [9.17, 15) is 18.0 Å². The number of carbonyl (C=O) groups is 2. The Bertz CT molecular complexity index is 1270. The van der Waals surface area contributed by atoms with Crippen LogP contribution in [0.4, 0.5) is 5.69 Å². The van der Waals surface area contributed by atoms with Gasteiger partial charge in [0.05, 0.1) is 30.7 Å². The summed E-state index contributed by atoms with van der Waals surface area (Å²) in [5.74, 6) is 0.501. The zero-order valence-electron chi connectivity index (χ0n) is 19.3. The van der Waals surface area contributed by atoms with Gasteiger partial charge in [-0.1, -0.05) is 6.07 Å². The Labute approximate surface area is 204 Å². The quantitative estimate of drug-likeness (QED) is 0.493. The second-order valence-electron chi connectivity index (χ2n) is 8.25. The van der Waals surface area contributed by atoms with Crippen LogP contribution in [0.5, 0.6) is 5.75 Å². The second-order valence-corrected chi connectivity index (χ2v) is 9.93. The van der Waals surface area contributed by atoms with Gasteiger partial charge in [-0.3, -0.25) is 14.3 Å². The standard InChI is InChI=1S/C25H27N3O6S/c1-33-21-6-2-8-23(15-21)35(31,32)27-20-11-9-18(10-12-20)25(30)28-13-3-5-19(17-28)24(29)26-16-22-7-4-14-34-22/h2,4,6-12,14-15,19,27H,3,5,13,16-17H2,1H3,(H,26,29). The molecule has 1 aromatic heterocycles. The Morgan fingerprint density at radius 2 is 1.91 bits per heavy atom. The molecule has 1 atom stereocenters. The summed E-state index contributed by atoms with van der Waals surface area (Å²) in [4.78, 5) is 27.3. The predicted molar refractivity (Wildman–Crippen MR) is 129 cm³/mol. The molecule has 2 N–H and O–H groups in total. The molecule has 9 nitrogen and oxygen atoms in total. The van der Waals surface area contributed by atoms with Gasteiger partial charge in [0, 0.05) is 30.4 Å². The van der Waals surface area contributed by atoms with Crippen molar-refractivity contribution in [1.29, 1.82) is 0 Å². The van der Waals surface area contributed by atoms with Gasteiger partial charge >= 0.3 is 0 Å². The smallest absolute Gasteiger partial charge is 0.262 e. The van der Waals surface area contributed by atoms with Crippen molar-refractivity contribution >= 4 is 27.5 Å². The lowest BCUT2D eigenvalue weighted by Crippen LogP contribution is -2.45. The summed E-state index contributed by atoms with van der Waals surface area (Å²) < 4.78 is 38.2. The van der Waals surface area contributed by atoms with Crippen LogP contribution in [0, 0.1) is 5.92 Å². The normalized spacial score (nSPS) is 15.9. The highest BCUT2D eigenvalue weighted by molar-refractivity contribution is 7.92. The van der Waals surface area contributed by atoms with Crippen molar-refractivity contribution in [1.82, 2.24) is 10.2 Å². The Morgan fingerprint density at radius 3 is 2.63 bits per heavy atom. The van der Waals surface area contributed by atoms with Crippen molar-refractivity contribution in [3.05, 3.63) is 78.3 Å². The van der Waals surface area contributed by atoms with Gasteiger partial charge in [-0.15, -0.1) is 0 Å². The van der Waals surface area contributed by atoms with E-state index in [2.05, 4.69) is 10.0 Å². The van der Waals surface area contributed by atoms with Crippen LogP contribution in [0.15, 0.2) is 76.2 Å². The van der Waals surface area contributed by atoms with Crippen molar-refractivity contribution in [2.75, 3.05) is 24.9 Å². The summed E-state index contributed by atoms with van der Waals surface area (Å²) in [7, 11) is -2.35. The molecule has 0 radical (unpaired) electrons. The van der Waals surface area contributed by atoms with E-state index < -0.39 is 10.0 Å². The van der Waals surface area contributed by atoms with Gasteiger partial charge in [0.2, 0.25) is 5.91 Å². The van der Waals surface area contributed by atoms with Crippen molar-refractivity contribution in [3.63, 3.8) is 0 Å². The van der Waals surface area contributed by atoms with Crippen LogP contribution in [0.2, 0.25) is 0 Å². The predicted octanol–water partition coefficient (Wildman–Crippen LogP) is 3.26. The molecular weight excluding hydrogens is 470 g/mol. The molecule has 0 aliphatic carbocycles. The summed E-state index contributed by atoms with van der Waals surface area (Å²) >= 11 is 0. The SMILES string of the molecule is COc1cccc(S(=O)(=O)Nc2ccc(C(=O)N3CCCC(C(=O)NCc4ccco4)C3)cc2)c1. The number of likely N-dealkylation sites (tertiary alicyclic amines) is 1. The number of methoxy groups -OCH3 is 1. The third-order valence-corrected chi connectivity index (χ3v) is 7.21. The van der Waals surface area contributed by atoms with Crippen molar-refractivity contribution in [2.24, 2.45) is 5.92 Å². The maximum atomic E-state index is 13.0. The van der Waals surface area contributed by atoms with Gasteiger partial charge < -0.3 is 19.4 Å². The van der Waals surface area contributed by atoms with Crippen LogP contribution in [0.1, 0.15) is 29.0 Å². The number of carbonyl (C=O) groups excluding carboxylic acids is 2. The molecule has 35 heavy (non-hydrogen) atoms. The van der Waals surface area contributed by atoms with Crippen LogP contribution in [0.25, 0.3) is 0 Å². The lowest BCUT2D eigenvalue weighted by Gasteiger charge is -2.32. The van der Waals surface area contributed by atoms with E-state index in [1.807, 2.05) is 0 Å². The Morgan fingerprint density at radius 1 is 1.11 bits per heavy atom. The highest BCUT2D eigenvalue weighted by Crippen LogP contribution is 2.22. The van der Waals surface area contributed by atoms with E-state index in [0.29, 0.717) is 48.8 Å². The number of nitrogens with one attached hydrogen (secondary N) is 2. The van der Waals surface area contributed by atoms with Gasteiger partial charge in [0.15, 0.2) is 0 Å². The van der Waals surface area contributed by atoms with E-state index in [4.69, 9.17) is 9.15 Å². The number of ether oxygens (including phenoxy) is 1. The number of amides is 2. The number of nitrogens with zero attached hydrogens (tertiary/aromatic N) is 1. The summed E-state index contributed by atoms with van der Waals surface area (Å²) in [5, 5.41) is 2.86. The van der Waals surface area contributed by atoms with Crippen molar-refractivity contribution in [3.8, 4) is 5.75 Å². The average molecular weight is 498 g/mol. The van der Waals surface area contributed by atoms with Crippen LogP contribution in [0.3, 0.4) is 0 Å². The number of hydrogen-bond donors (Lipinski definition) is 2. The topological polar surface area (TPSA) is 118 Å². The average Bonchev–Trinajstić information content (AvgIpc) is 3.41. The largest absolute Gasteiger partial charge is 0.497 e.